The maximum Gasteiger partial charge on any atom is 0.0740 e. The maximum atomic E-state index is 3.74. The van der Waals surface area contributed by atoms with Crippen LogP contribution in [0.4, 0.5) is 0 Å². The highest BCUT2D eigenvalue weighted by Gasteiger charge is 2.23. The molecule has 22 heavy (non-hydrogen) atoms. The van der Waals surface area contributed by atoms with E-state index in [0.717, 1.165) is 6.54 Å². The Labute approximate surface area is 131 Å². The van der Waals surface area contributed by atoms with E-state index in [1.54, 1.807) is 0 Å². The van der Waals surface area contributed by atoms with Crippen LogP contribution in [0.15, 0.2) is 60.8 Å². The molecule has 1 aromatic heterocycles. The molecule has 0 aliphatic carbocycles. The van der Waals surface area contributed by atoms with E-state index in [-0.39, 0.29) is 6.04 Å². The molecule has 0 saturated heterocycles. The Morgan fingerprint density at radius 3 is 2.73 bits per heavy atom. The van der Waals surface area contributed by atoms with Crippen molar-refractivity contribution < 1.29 is 0 Å². The highest BCUT2D eigenvalue weighted by molar-refractivity contribution is 5.47. The highest BCUT2D eigenvalue weighted by atomic mass is 15.1. The quantitative estimate of drug-likeness (QED) is 0.707. The Hall–Kier alpha value is -2.32. The Kier molecular flexibility index (Phi) is 3.12. The lowest BCUT2D eigenvalue weighted by Crippen LogP contribution is -2.22. The molecule has 0 unspecified atom stereocenters. The standard InChI is InChI=1S/C20H20N2/c1-14-9-10-17(15(2)12-14)20-19-8-5-11-22(19)18-7-4-3-6-16(18)13-21-20/h3-12,20-21H,13H2,1-2H3/t20-/m1/s1. The molecule has 0 saturated carbocycles. The Balaban J connectivity index is 1.88. The third kappa shape index (κ3) is 2.08. The number of rotatable bonds is 1. The van der Waals surface area contributed by atoms with Gasteiger partial charge in [0.25, 0.3) is 0 Å². The second-order valence-electron chi connectivity index (χ2n) is 6.11. The molecule has 0 bridgehead atoms. The zero-order valence-corrected chi connectivity index (χ0v) is 13.0. The summed E-state index contributed by atoms with van der Waals surface area (Å²) in [6.45, 7) is 5.24. The second kappa shape index (κ2) is 5.15. The molecule has 2 heterocycles. The minimum absolute atomic E-state index is 0.225. The van der Waals surface area contributed by atoms with Gasteiger partial charge < -0.3 is 9.88 Å². The zero-order chi connectivity index (χ0) is 15.1. The molecule has 2 heteroatoms. The molecule has 110 valence electrons. The first-order valence-electron chi connectivity index (χ1n) is 7.80. The van der Waals surface area contributed by atoms with Gasteiger partial charge in [-0.15, -0.1) is 0 Å². The molecule has 1 aliphatic heterocycles. The van der Waals surface area contributed by atoms with Crippen LogP contribution in [-0.4, -0.2) is 4.57 Å². The van der Waals surface area contributed by atoms with Crippen molar-refractivity contribution in [2.45, 2.75) is 26.4 Å². The molecule has 2 aromatic carbocycles. The van der Waals surface area contributed by atoms with Crippen LogP contribution >= 0.6 is 0 Å². The summed E-state index contributed by atoms with van der Waals surface area (Å²) < 4.78 is 2.32. The smallest absolute Gasteiger partial charge is 0.0740 e. The largest absolute Gasteiger partial charge is 0.319 e. The predicted octanol–water partition coefficient (Wildman–Crippen LogP) is 4.29. The SMILES string of the molecule is Cc1ccc([C@H]2NCc3ccccc3-n3cccc32)c(C)c1. The molecule has 1 atom stereocenters. The van der Waals surface area contributed by atoms with Crippen LogP contribution in [-0.2, 0) is 6.54 Å². The van der Waals surface area contributed by atoms with E-state index in [2.05, 4.69) is 84.5 Å². The minimum Gasteiger partial charge on any atom is -0.319 e. The average molecular weight is 288 g/mol. The monoisotopic (exact) mass is 288 g/mol. The van der Waals surface area contributed by atoms with Crippen molar-refractivity contribution >= 4 is 0 Å². The number of hydrogen-bond donors (Lipinski definition) is 1. The molecule has 1 N–H and O–H groups in total. The summed E-state index contributed by atoms with van der Waals surface area (Å²) >= 11 is 0. The molecule has 0 radical (unpaired) electrons. The topological polar surface area (TPSA) is 17.0 Å². The summed E-state index contributed by atoms with van der Waals surface area (Å²) in [7, 11) is 0. The molecule has 3 aromatic rings. The van der Waals surface area contributed by atoms with Crippen molar-refractivity contribution in [3.8, 4) is 5.69 Å². The van der Waals surface area contributed by atoms with Crippen molar-refractivity contribution in [2.24, 2.45) is 0 Å². The summed E-state index contributed by atoms with van der Waals surface area (Å²) in [5.74, 6) is 0. The number of para-hydroxylation sites is 1. The van der Waals surface area contributed by atoms with E-state index in [4.69, 9.17) is 0 Å². The molecular formula is C20H20N2. The normalized spacial score (nSPS) is 16.7. The second-order valence-corrected chi connectivity index (χ2v) is 6.11. The molecule has 4 rings (SSSR count). The van der Waals surface area contributed by atoms with Crippen molar-refractivity contribution in [3.05, 3.63) is 88.7 Å². The summed E-state index contributed by atoms with van der Waals surface area (Å²) in [5.41, 5.74) is 7.94. The molecule has 2 nitrogen and oxygen atoms in total. The van der Waals surface area contributed by atoms with Gasteiger partial charge in [-0.3, -0.25) is 0 Å². The van der Waals surface area contributed by atoms with Crippen LogP contribution in [0, 0.1) is 13.8 Å². The Morgan fingerprint density at radius 1 is 1.00 bits per heavy atom. The lowest BCUT2D eigenvalue weighted by molar-refractivity contribution is 0.598. The molecular weight excluding hydrogens is 268 g/mol. The number of aryl methyl sites for hydroxylation is 2. The van der Waals surface area contributed by atoms with Gasteiger partial charge in [0.2, 0.25) is 0 Å². The first kappa shape index (κ1) is 13.4. The van der Waals surface area contributed by atoms with E-state index < -0.39 is 0 Å². The predicted molar refractivity (Wildman–Crippen MR) is 90.4 cm³/mol. The fourth-order valence-corrected chi connectivity index (χ4v) is 3.48. The summed E-state index contributed by atoms with van der Waals surface area (Å²) in [6.07, 6.45) is 2.16. The van der Waals surface area contributed by atoms with Gasteiger partial charge in [-0.25, -0.2) is 0 Å². The Bertz CT molecular complexity index is 829. The summed E-state index contributed by atoms with van der Waals surface area (Å²) in [6, 6.07) is 19.9. The lowest BCUT2D eigenvalue weighted by atomic mass is 9.97. The highest BCUT2D eigenvalue weighted by Crippen LogP contribution is 2.31. The van der Waals surface area contributed by atoms with Crippen LogP contribution in [0.3, 0.4) is 0 Å². The van der Waals surface area contributed by atoms with Crippen LogP contribution < -0.4 is 5.32 Å². The zero-order valence-electron chi connectivity index (χ0n) is 13.0. The minimum atomic E-state index is 0.225. The van der Waals surface area contributed by atoms with Crippen LogP contribution in [0.25, 0.3) is 5.69 Å². The van der Waals surface area contributed by atoms with E-state index >= 15 is 0 Å². The van der Waals surface area contributed by atoms with Crippen LogP contribution in [0.5, 0.6) is 0 Å². The van der Waals surface area contributed by atoms with Crippen molar-refractivity contribution in [2.75, 3.05) is 0 Å². The summed E-state index contributed by atoms with van der Waals surface area (Å²) in [5, 5.41) is 3.74. The molecule has 1 aliphatic rings. The number of nitrogens with one attached hydrogen (secondary N) is 1. The van der Waals surface area contributed by atoms with Gasteiger partial charge in [-0.2, -0.15) is 0 Å². The van der Waals surface area contributed by atoms with Gasteiger partial charge in [-0.1, -0.05) is 42.0 Å². The van der Waals surface area contributed by atoms with Crippen molar-refractivity contribution in [1.29, 1.82) is 0 Å². The van der Waals surface area contributed by atoms with Crippen LogP contribution in [0.2, 0.25) is 0 Å². The van der Waals surface area contributed by atoms with Gasteiger partial charge in [0.05, 0.1) is 6.04 Å². The van der Waals surface area contributed by atoms with E-state index in [9.17, 15) is 0 Å². The van der Waals surface area contributed by atoms with Crippen LogP contribution in [0.1, 0.15) is 34.0 Å². The first-order chi connectivity index (χ1) is 10.7. The van der Waals surface area contributed by atoms with E-state index in [1.165, 1.54) is 33.6 Å². The number of hydrogen-bond acceptors (Lipinski definition) is 1. The third-order valence-electron chi connectivity index (χ3n) is 4.56. The fourth-order valence-electron chi connectivity index (χ4n) is 3.48. The van der Waals surface area contributed by atoms with Gasteiger partial charge in [-0.05, 0) is 48.7 Å². The van der Waals surface area contributed by atoms with E-state index in [1.807, 2.05) is 0 Å². The number of benzene rings is 2. The lowest BCUT2D eigenvalue weighted by Gasteiger charge is -2.20. The Morgan fingerprint density at radius 2 is 1.86 bits per heavy atom. The number of fused-ring (bicyclic) bond motifs is 3. The maximum absolute atomic E-state index is 3.74. The first-order valence-corrected chi connectivity index (χ1v) is 7.80. The van der Waals surface area contributed by atoms with Crippen molar-refractivity contribution in [1.82, 2.24) is 9.88 Å². The van der Waals surface area contributed by atoms with Gasteiger partial charge in [0.15, 0.2) is 0 Å². The summed E-state index contributed by atoms with van der Waals surface area (Å²) in [4.78, 5) is 0. The number of aromatic nitrogens is 1. The molecule has 0 spiro atoms. The van der Waals surface area contributed by atoms with Gasteiger partial charge in [0, 0.05) is 24.1 Å². The molecule has 0 amide bonds. The van der Waals surface area contributed by atoms with Gasteiger partial charge >= 0.3 is 0 Å². The third-order valence-corrected chi connectivity index (χ3v) is 4.56. The van der Waals surface area contributed by atoms with Crippen molar-refractivity contribution in [3.63, 3.8) is 0 Å². The average Bonchev–Trinajstić information content (AvgIpc) is 2.93. The number of nitrogens with zero attached hydrogens (tertiary/aromatic N) is 1. The fraction of sp³-hybridized carbons (Fsp3) is 0.200. The van der Waals surface area contributed by atoms with E-state index in [0.29, 0.717) is 0 Å². The van der Waals surface area contributed by atoms with Gasteiger partial charge in [0.1, 0.15) is 0 Å². The molecule has 0 fully saturated rings.